The van der Waals surface area contributed by atoms with E-state index >= 15 is 0 Å². The van der Waals surface area contributed by atoms with Crippen LogP contribution in [-0.2, 0) is 16.0 Å². The molecule has 1 aliphatic rings. The van der Waals surface area contributed by atoms with Gasteiger partial charge in [0.2, 0.25) is 0 Å². The summed E-state index contributed by atoms with van der Waals surface area (Å²) in [6, 6.07) is 2.45. The van der Waals surface area contributed by atoms with Crippen molar-refractivity contribution in [1.82, 2.24) is 0 Å². The van der Waals surface area contributed by atoms with Gasteiger partial charge in [-0.05, 0) is 35.7 Å². The fourth-order valence-corrected chi connectivity index (χ4v) is 1.67. The number of rotatable bonds is 3. The lowest BCUT2D eigenvalue weighted by molar-refractivity contribution is 0.0535. The van der Waals surface area contributed by atoms with E-state index in [-0.39, 0.29) is 18.8 Å². The zero-order chi connectivity index (χ0) is 13.3. The third-order valence-electron chi connectivity index (χ3n) is 2.56. The molecule has 0 aliphatic carbocycles. The maximum Gasteiger partial charge on any atom is 0.491 e. The van der Waals surface area contributed by atoms with Crippen LogP contribution in [0.2, 0.25) is 0 Å². The summed E-state index contributed by atoms with van der Waals surface area (Å²) in [5, 5.41) is 9.49. The monoisotopic (exact) mass is 250 g/mol. The molecule has 94 valence electrons. The van der Waals surface area contributed by atoms with Crippen molar-refractivity contribution in [2.75, 3.05) is 6.61 Å². The van der Waals surface area contributed by atoms with Crippen LogP contribution in [0.5, 0.6) is 0 Å². The Morgan fingerprint density at radius 2 is 2.39 bits per heavy atom. The van der Waals surface area contributed by atoms with Crippen molar-refractivity contribution in [2.24, 2.45) is 0 Å². The summed E-state index contributed by atoms with van der Waals surface area (Å²) in [5.74, 6) is -1.46. The Kier molecular flexibility index (Phi) is 3.49. The largest absolute Gasteiger partial charge is 0.491 e. The van der Waals surface area contributed by atoms with Gasteiger partial charge in [-0.25, -0.2) is 9.18 Å². The molecule has 1 aliphatic heterocycles. The third-order valence-corrected chi connectivity index (χ3v) is 2.56. The second-order valence-corrected chi connectivity index (χ2v) is 4.23. The number of hydrogen-bond donors (Lipinski definition) is 1. The van der Waals surface area contributed by atoms with Crippen LogP contribution >= 0.6 is 0 Å². The molecule has 0 bridgehead atoms. The Morgan fingerprint density at radius 1 is 1.67 bits per heavy atom. The van der Waals surface area contributed by atoms with Gasteiger partial charge in [0.05, 0.1) is 12.2 Å². The van der Waals surface area contributed by atoms with E-state index in [1.165, 1.54) is 12.1 Å². The normalized spacial score (nSPS) is 13.4. The molecule has 2 rings (SSSR count). The first-order valence-corrected chi connectivity index (χ1v) is 5.42. The first kappa shape index (κ1) is 12.8. The van der Waals surface area contributed by atoms with Gasteiger partial charge in [0, 0.05) is 0 Å². The van der Waals surface area contributed by atoms with Crippen LogP contribution in [-0.4, -0.2) is 24.7 Å². The van der Waals surface area contributed by atoms with E-state index in [1.807, 2.05) is 0 Å². The van der Waals surface area contributed by atoms with E-state index < -0.39 is 18.9 Å². The molecule has 0 fully saturated rings. The number of fused-ring (bicyclic) bond motifs is 1. The SMILES string of the molecule is C=C(C)COC(=O)c1cc2c(cc1F)COB2O. The summed E-state index contributed by atoms with van der Waals surface area (Å²) >= 11 is 0. The minimum absolute atomic E-state index is 0.0361. The molecule has 0 atom stereocenters. The first-order valence-electron chi connectivity index (χ1n) is 5.42. The van der Waals surface area contributed by atoms with Gasteiger partial charge in [-0.2, -0.15) is 0 Å². The lowest BCUT2D eigenvalue weighted by Gasteiger charge is -2.07. The van der Waals surface area contributed by atoms with E-state index in [0.29, 0.717) is 16.6 Å². The summed E-state index contributed by atoms with van der Waals surface area (Å²) in [5.41, 5.74) is 1.39. The van der Waals surface area contributed by atoms with E-state index in [2.05, 4.69) is 6.58 Å². The first-order chi connectivity index (χ1) is 8.49. The molecule has 1 heterocycles. The van der Waals surface area contributed by atoms with Crippen LogP contribution in [0.15, 0.2) is 24.3 Å². The van der Waals surface area contributed by atoms with Crippen molar-refractivity contribution < 1.29 is 23.6 Å². The van der Waals surface area contributed by atoms with E-state index in [4.69, 9.17) is 9.39 Å². The molecule has 0 spiro atoms. The maximum atomic E-state index is 13.7. The number of carbonyl (C=O) groups is 1. The van der Waals surface area contributed by atoms with Gasteiger partial charge in [-0.3, -0.25) is 0 Å². The predicted molar refractivity (Wildman–Crippen MR) is 63.9 cm³/mol. The Hall–Kier alpha value is -1.66. The van der Waals surface area contributed by atoms with Crippen molar-refractivity contribution in [2.45, 2.75) is 13.5 Å². The van der Waals surface area contributed by atoms with Crippen LogP contribution in [0.25, 0.3) is 0 Å². The number of carbonyl (C=O) groups excluding carboxylic acids is 1. The highest BCUT2D eigenvalue weighted by Crippen LogP contribution is 2.16. The average molecular weight is 250 g/mol. The molecule has 0 radical (unpaired) electrons. The van der Waals surface area contributed by atoms with Gasteiger partial charge in [0.1, 0.15) is 12.4 Å². The fraction of sp³-hybridized carbons (Fsp3) is 0.250. The molecule has 0 aromatic heterocycles. The molecule has 0 unspecified atom stereocenters. The van der Waals surface area contributed by atoms with Crippen LogP contribution < -0.4 is 5.46 Å². The average Bonchev–Trinajstić information content (AvgIpc) is 2.66. The van der Waals surface area contributed by atoms with Crippen molar-refractivity contribution in [3.05, 3.63) is 41.2 Å². The number of esters is 1. The van der Waals surface area contributed by atoms with Gasteiger partial charge in [0.15, 0.2) is 0 Å². The lowest BCUT2D eigenvalue weighted by atomic mass is 9.78. The lowest BCUT2D eigenvalue weighted by Crippen LogP contribution is -2.29. The Morgan fingerprint density at radius 3 is 3.06 bits per heavy atom. The highest BCUT2D eigenvalue weighted by Gasteiger charge is 2.30. The minimum atomic E-state index is -1.12. The third kappa shape index (κ3) is 2.44. The Balaban J connectivity index is 2.26. The molecule has 0 amide bonds. The quantitative estimate of drug-likeness (QED) is 0.489. The van der Waals surface area contributed by atoms with Crippen molar-refractivity contribution in [3.63, 3.8) is 0 Å². The summed E-state index contributed by atoms with van der Waals surface area (Å²) in [4.78, 5) is 11.7. The van der Waals surface area contributed by atoms with E-state index in [9.17, 15) is 14.2 Å². The van der Waals surface area contributed by atoms with Crippen molar-refractivity contribution >= 4 is 18.6 Å². The standard InChI is InChI=1S/C12H12BFO4/c1-7(2)5-17-12(15)9-4-10-8(3-11(9)14)6-18-13(10)16/h3-4,16H,1,5-6H2,2H3. The van der Waals surface area contributed by atoms with Gasteiger partial charge in [0.25, 0.3) is 0 Å². The minimum Gasteiger partial charge on any atom is -0.458 e. The number of hydrogen-bond acceptors (Lipinski definition) is 4. The molecule has 6 heteroatoms. The highest BCUT2D eigenvalue weighted by atomic mass is 19.1. The van der Waals surface area contributed by atoms with Crippen molar-refractivity contribution in [1.29, 1.82) is 0 Å². The number of benzene rings is 1. The molecule has 1 N–H and O–H groups in total. The van der Waals surface area contributed by atoms with Gasteiger partial charge in [-0.15, -0.1) is 0 Å². The van der Waals surface area contributed by atoms with Crippen LogP contribution in [0.4, 0.5) is 4.39 Å². The van der Waals surface area contributed by atoms with Crippen molar-refractivity contribution in [3.8, 4) is 0 Å². The topological polar surface area (TPSA) is 55.8 Å². The second-order valence-electron chi connectivity index (χ2n) is 4.23. The van der Waals surface area contributed by atoms with E-state index in [1.54, 1.807) is 6.92 Å². The fourth-order valence-electron chi connectivity index (χ4n) is 1.67. The predicted octanol–water partition coefficient (Wildman–Crippen LogP) is 0.776. The summed E-state index contributed by atoms with van der Waals surface area (Å²) in [6.07, 6.45) is 0. The Bertz CT molecular complexity index is 515. The summed E-state index contributed by atoms with van der Waals surface area (Å²) in [7, 11) is -1.12. The molecular formula is C12H12BFO4. The second kappa shape index (κ2) is 4.92. The zero-order valence-corrected chi connectivity index (χ0v) is 9.90. The molecule has 0 saturated carbocycles. The van der Waals surface area contributed by atoms with Crippen LogP contribution in [0, 0.1) is 5.82 Å². The zero-order valence-electron chi connectivity index (χ0n) is 9.90. The molecule has 0 saturated heterocycles. The van der Waals surface area contributed by atoms with Gasteiger partial charge < -0.3 is 14.4 Å². The maximum absolute atomic E-state index is 13.7. The van der Waals surface area contributed by atoms with Crippen LogP contribution in [0.1, 0.15) is 22.8 Å². The molecule has 4 nitrogen and oxygen atoms in total. The molecule has 18 heavy (non-hydrogen) atoms. The summed E-state index contributed by atoms with van der Waals surface area (Å²) in [6.45, 7) is 5.45. The molecular weight excluding hydrogens is 238 g/mol. The molecule has 1 aromatic rings. The highest BCUT2D eigenvalue weighted by molar-refractivity contribution is 6.61. The van der Waals surface area contributed by atoms with Gasteiger partial charge >= 0.3 is 13.1 Å². The molecule has 1 aromatic carbocycles. The van der Waals surface area contributed by atoms with Gasteiger partial charge in [-0.1, -0.05) is 6.58 Å². The number of ether oxygens (including phenoxy) is 1. The Labute approximate surface area is 104 Å². The van der Waals surface area contributed by atoms with Crippen LogP contribution in [0.3, 0.4) is 0 Å². The number of halogens is 1. The smallest absolute Gasteiger partial charge is 0.458 e. The summed E-state index contributed by atoms with van der Waals surface area (Å²) < 4.78 is 23.5. The van der Waals surface area contributed by atoms with E-state index in [0.717, 1.165) is 0 Å².